The third-order valence-electron chi connectivity index (χ3n) is 3.63. The molecule has 4 heteroatoms. The van der Waals surface area contributed by atoms with Crippen LogP contribution in [-0.4, -0.2) is 25.8 Å². The predicted molar refractivity (Wildman–Crippen MR) is 99.0 cm³/mol. The van der Waals surface area contributed by atoms with Gasteiger partial charge in [-0.1, -0.05) is 36.4 Å². The Morgan fingerprint density at radius 2 is 1.88 bits per heavy atom. The molecule has 25 heavy (non-hydrogen) atoms. The Morgan fingerprint density at radius 1 is 1.08 bits per heavy atom. The highest BCUT2D eigenvalue weighted by atomic mass is 16.6. The predicted octanol–water partition coefficient (Wildman–Crippen LogP) is 4.40. The Kier molecular flexibility index (Phi) is 8.39. The number of ether oxygens (including phenoxy) is 3. The van der Waals surface area contributed by atoms with Gasteiger partial charge in [-0.15, -0.1) is 0 Å². The first kappa shape index (κ1) is 18.8. The molecule has 1 aromatic rings. The number of benzene rings is 1. The maximum Gasteiger partial charge on any atom is 0.330 e. The number of esters is 1. The Hall–Kier alpha value is -2.49. The van der Waals surface area contributed by atoms with Gasteiger partial charge in [-0.05, 0) is 50.3 Å². The summed E-state index contributed by atoms with van der Waals surface area (Å²) in [5, 5.41) is 0. The third kappa shape index (κ3) is 7.29. The topological polar surface area (TPSA) is 44.8 Å². The molecule has 0 fully saturated rings. The van der Waals surface area contributed by atoms with Crippen LogP contribution in [0.4, 0.5) is 0 Å². The molecule has 1 aliphatic rings. The fourth-order valence-corrected chi connectivity index (χ4v) is 2.40. The van der Waals surface area contributed by atoms with Gasteiger partial charge in [0.15, 0.2) is 11.5 Å². The quantitative estimate of drug-likeness (QED) is 0.219. The molecule has 1 heterocycles. The van der Waals surface area contributed by atoms with Crippen molar-refractivity contribution in [3.05, 3.63) is 60.2 Å². The molecule has 0 amide bonds. The van der Waals surface area contributed by atoms with Crippen molar-refractivity contribution in [2.75, 3.05) is 19.8 Å². The molecule has 1 aliphatic heterocycles. The molecular formula is C21H26O4. The molecule has 0 spiro atoms. The summed E-state index contributed by atoms with van der Waals surface area (Å²) in [7, 11) is 0. The van der Waals surface area contributed by atoms with Gasteiger partial charge >= 0.3 is 5.97 Å². The van der Waals surface area contributed by atoms with Crippen molar-refractivity contribution in [2.24, 2.45) is 0 Å². The summed E-state index contributed by atoms with van der Waals surface area (Å²) < 4.78 is 15.9. The Labute approximate surface area is 149 Å². The molecule has 134 valence electrons. The molecule has 2 rings (SSSR count). The number of carbonyl (C=O) groups is 1. The number of rotatable bonds is 9. The average Bonchev–Trinajstić information content (AvgIpc) is 2.63. The van der Waals surface area contributed by atoms with E-state index in [0.717, 1.165) is 37.2 Å². The zero-order valence-electron chi connectivity index (χ0n) is 14.8. The van der Waals surface area contributed by atoms with Gasteiger partial charge in [-0.3, -0.25) is 0 Å². The van der Waals surface area contributed by atoms with Crippen molar-refractivity contribution < 1.29 is 19.0 Å². The largest absolute Gasteiger partial charge is 0.486 e. The first-order valence-electron chi connectivity index (χ1n) is 8.83. The van der Waals surface area contributed by atoms with Gasteiger partial charge in [-0.25, -0.2) is 4.79 Å². The normalized spacial score (nSPS) is 13.8. The van der Waals surface area contributed by atoms with Gasteiger partial charge in [0.1, 0.15) is 13.2 Å². The summed E-state index contributed by atoms with van der Waals surface area (Å²) in [5.41, 5.74) is 1.23. The van der Waals surface area contributed by atoms with E-state index in [1.165, 1.54) is 11.6 Å². The van der Waals surface area contributed by atoms with Gasteiger partial charge in [0.2, 0.25) is 0 Å². The molecule has 1 aromatic carbocycles. The molecule has 4 nitrogen and oxygen atoms in total. The van der Waals surface area contributed by atoms with Crippen LogP contribution in [0.2, 0.25) is 0 Å². The maximum atomic E-state index is 11.1. The monoisotopic (exact) mass is 342 g/mol. The number of hydrogen-bond donors (Lipinski definition) is 0. The molecule has 0 saturated heterocycles. The second-order valence-corrected chi connectivity index (χ2v) is 5.62. The van der Waals surface area contributed by atoms with Crippen LogP contribution in [0.15, 0.2) is 54.7 Å². The summed E-state index contributed by atoms with van der Waals surface area (Å²) in [6, 6.07) is 6.11. The molecule has 0 unspecified atom stereocenters. The van der Waals surface area contributed by atoms with E-state index in [1.807, 2.05) is 12.1 Å². The van der Waals surface area contributed by atoms with E-state index in [0.29, 0.717) is 19.8 Å². The maximum absolute atomic E-state index is 11.1. The first-order valence-corrected chi connectivity index (χ1v) is 8.83. The van der Waals surface area contributed by atoms with Gasteiger partial charge in [0.25, 0.3) is 0 Å². The number of allylic oxidation sites excluding steroid dienone is 5. The van der Waals surface area contributed by atoms with Gasteiger partial charge in [-0.2, -0.15) is 0 Å². The number of unbranched alkanes of at least 4 members (excludes halogenated alkanes) is 2. The molecule has 0 N–H and O–H groups in total. The average molecular weight is 342 g/mol. The summed E-state index contributed by atoms with van der Waals surface area (Å²) in [6.45, 7) is 3.45. The van der Waals surface area contributed by atoms with E-state index in [-0.39, 0.29) is 5.97 Å². The SMILES string of the molecule is CCOC(=O)/C=C/C=C/CCC/C=C/Cc1ccc2c(c1)OCCO2. The van der Waals surface area contributed by atoms with Crippen LogP contribution in [0, 0.1) is 0 Å². The third-order valence-corrected chi connectivity index (χ3v) is 3.63. The molecule has 0 saturated carbocycles. The van der Waals surface area contributed by atoms with Crippen molar-refractivity contribution in [2.45, 2.75) is 32.6 Å². The zero-order chi connectivity index (χ0) is 17.7. The summed E-state index contributed by atoms with van der Waals surface area (Å²) >= 11 is 0. The highest BCUT2D eigenvalue weighted by Crippen LogP contribution is 2.30. The fourth-order valence-electron chi connectivity index (χ4n) is 2.40. The van der Waals surface area contributed by atoms with Crippen LogP contribution >= 0.6 is 0 Å². The van der Waals surface area contributed by atoms with Crippen LogP contribution in [0.25, 0.3) is 0 Å². The minimum atomic E-state index is -0.297. The molecule has 0 radical (unpaired) electrons. The van der Waals surface area contributed by atoms with Crippen LogP contribution in [0.3, 0.4) is 0 Å². The lowest BCUT2D eigenvalue weighted by Gasteiger charge is -2.18. The van der Waals surface area contributed by atoms with Crippen LogP contribution < -0.4 is 9.47 Å². The summed E-state index contributed by atoms with van der Waals surface area (Å²) in [5.74, 6) is 1.38. The Morgan fingerprint density at radius 3 is 2.72 bits per heavy atom. The lowest BCUT2D eigenvalue weighted by atomic mass is 10.1. The van der Waals surface area contributed by atoms with Crippen molar-refractivity contribution >= 4 is 5.97 Å². The minimum absolute atomic E-state index is 0.297. The molecular weight excluding hydrogens is 316 g/mol. The van der Waals surface area contributed by atoms with E-state index in [9.17, 15) is 4.79 Å². The number of hydrogen-bond acceptors (Lipinski definition) is 4. The Balaban J connectivity index is 1.60. The standard InChI is InChI=1S/C21H26O4/c1-2-23-21(22)12-10-8-6-4-3-5-7-9-11-18-13-14-19-20(17-18)25-16-15-24-19/h6-10,12-14,17H,2-5,11,15-16H2,1H3/b8-6+,9-7+,12-10+. The lowest BCUT2D eigenvalue weighted by molar-refractivity contribution is -0.137. The van der Waals surface area contributed by atoms with E-state index in [2.05, 4.69) is 30.4 Å². The lowest BCUT2D eigenvalue weighted by Crippen LogP contribution is -2.15. The molecule has 0 bridgehead atoms. The molecule has 0 atom stereocenters. The van der Waals surface area contributed by atoms with E-state index in [1.54, 1.807) is 13.0 Å². The van der Waals surface area contributed by atoms with Crippen molar-refractivity contribution in [3.8, 4) is 11.5 Å². The highest BCUT2D eigenvalue weighted by molar-refractivity contribution is 5.82. The smallest absolute Gasteiger partial charge is 0.330 e. The minimum Gasteiger partial charge on any atom is -0.486 e. The zero-order valence-corrected chi connectivity index (χ0v) is 14.8. The number of fused-ring (bicyclic) bond motifs is 1. The molecule has 0 aromatic heterocycles. The van der Waals surface area contributed by atoms with E-state index in [4.69, 9.17) is 14.2 Å². The van der Waals surface area contributed by atoms with Crippen LogP contribution in [0.1, 0.15) is 31.7 Å². The second-order valence-electron chi connectivity index (χ2n) is 5.62. The first-order chi connectivity index (χ1) is 12.3. The van der Waals surface area contributed by atoms with E-state index >= 15 is 0 Å². The highest BCUT2D eigenvalue weighted by Gasteiger charge is 2.10. The van der Waals surface area contributed by atoms with Gasteiger partial charge in [0.05, 0.1) is 6.61 Å². The van der Waals surface area contributed by atoms with E-state index < -0.39 is 0 Å². The van der Waals surface area contributed by atoms with Gasteiger partial charge in [0, 0.05) is 6.08 Å². The van der Waals surface area contributed by atoms with Gasteiger partial charge < -0.3 is 14.2 Å². The van der Waals surface area contributed by atoms with Crippen molar-refractivity contribution in [1.29, 1.82) is 0 Å². The van der Waals surface area contributed by atoms with Crippen molar-refractivity contribution in [3.63, 3.8) is 0 Å². The van der Waals surface area contributed by atoms with Crippen molar-refractivity contribution in [1.82, 2.24) is 0 Å². The van der Waals surface area contributed by atoms with Crippen LogP contribution in [-0.2, 0) is 16.0 Å². The summed E-state index contributed by atoms with van der Waals surface area (Å²) in [4.78, 5) is 11.1. The van der Waals surface area contributed by atoms with Crippen LogP contribution in [0.5, 0.6) is 11.5 Å². The Bertz CT molecular complexity index is 629. The molecule has 0 aliphatic carbocycles. The fraction of sp³-hybridized carbons (Fsp3) is 0.381. The summed E-state index contributed by atoms with van der Waals surface area (Å²) in [6.07, 6.45) is 15.5. The second kappa shape index (κ2) is 11.1. The number of carbonyl (C=O) groups excluding carboxylic acids is 1.